The standard InChI is InChI=1S/C18H25ClO3/c1-13(18(21-2)15-10-6-7-11-16(15)19)22-17(20)12-14-8-4-3-5-9-14/h6-7,10-11,13-14,18H,3-5,8-9,12H2,1-2H3/t13-,18+/m1/s1. The molecular weight excluding hydrogens is 300 g/mol. The number of carbonyl (C=O) groups excluding carboxylic acids is 1. The van der Waals surface area contributed by atoms with E-state index in [4.69, 9.17) is 21.1 Å². The summed E-state index contributed by atoms with van der Waals surface area (Å²) < 4.78 is 11.1. The second-order valence-electron chi connectivity index (χ2n) is 6.08. The number of esters is 1. The lowest BCUT2D eigenvalue weighted by Gasteiger charge is -2.26. The zero-order valence-corrected chi connectivity index (χ0v) is 14.1. The maximum atomic E-state index is 12.1. The van der Waals surface area contributed by atoms with Crippen LogP contribution in [0.2, 0.25) is 5.02 Å². The van der Waals surface area contributed by atoms with Gasteiger partial charge in [0.2, 0.25) is 0 Å². The van der Waals surface area contributed by atoms with Crippen LogP contribution in [-0.4, -0.2) is 19.2 Å². The van der Waals surface area contributed by atoms with Crippen LogP contribution in [0.1, 0.15) is 57.1 Å². The van der Waals surface area contributed by atoms with Crippen molar-refractivity contribution in [3.63, 3.8) is 0 Å². The van der Waals surface area contributed by atoms with Gasteiger partial charge in [-0.3, -0.25) is 4.79 Å². The molecule has 0 saturated heterocycles. The summed E-state index contributed by atoms with van der Waals surface area (Å²) >= 11 is 6.21. The first-order chi connectivity index (χ1) is 10.6. The first kappa shape index (κ1) is 17.3. The fraction of sp³-hybridized carbons (Fsp3) is 0.611. The van der Waals surface area contributed by atoms with Gasteiger partial charge in [0, 0.05) is 24.1 Å². The summed E-state index contributed by atoms with van der Waals surface area (Å²) in [6.07, 6.45) is 5.85. The van der Waals surface area contributed by atoms with Gasteiger partial charge in [0.1, 0.15) is 12.2 Å². The molecule has 1 fully saturated rings. The largest absolute Gasteiger partial charge is 0.460 e. The van der Waals surface area contributed by atoms with Gasteiger partial charge in [-0.2, -0.15) is 0 Å². The molecule has 4 heteroatoms. The monoisotopic (exact) mass is 324 g/mol. The van der Waals surface area contributed by atoms with Crippen LogP contribution in [0.25, 0.3) is 0 Å². The van der Waals surface area contributed by atoms with E-state index in [-0.39, 0.29) is 18.2 Å². The van der Waals surface area contributed by atoms with Crippen molar-refractivity contribution < 1.29 is 14.3 Å². The number of halogens is 1. The molecule has 2 atom stereocenters. The van der Waals surface area contributed by atoms with Crippen molar-refractivity contribution in [1.82, 2.24) is 0 Å². The summed E-state index contributed by atoms with van der Waals surface area (Å²) in [7, 11) is 1.61. The molecule has 0 bridgehead atoms. The molecule has 122 valence electrons. The van der Waals surface area contributed by atoms with E-state index in [1.54, 1.807) is 7.11 Å². The van der Waals surface area contributed by atoms with Gasteiger partial charge in [0.05, 0.1) is 0 Å². The third-order valence-corrected chi connectivity index (χ3v) is 4.73. The Balaban J connectivity index is 1.92. The van der Waals surface area contributed by atoms with Gasteiger partial charge in [-0.05, 0) is 31.7 Å². The number of hydrogen-bond acceptors (Lipinski definition) is 3. The SMILES string of the molecule is CO[C@H](c1ccccc1Cl)[C@@H](C)OC(=O)CC1CCCCC1. The second kappa shape index (κ2) is 8.54. The molecule has 1 saturated carbocycles. The maximum Gasteiger partial charge on any atom is 0.306 e. The fourth-order valence-electron chi connectivity index (χ4n) is 3.22. The highest BCUT2D eigenvalue weighted by Gasteiger charge is 2.26. The molecular formula is C18H25ClO3. The van der Waals surface area contributed by atoms with Gasteiger partial charge in [-0.15, -0.1) is 0 Å². The summed E-state index contributed by atoms with van der Waals surface area (Å²) in [5.41, 5.74) is 0.852. The van der Waals surface area contributed by atoms with Crippen LogP contribution >= 0.6 is 11.6 Å². The molecule has 0 aromatic heterocycles. The van der Waals surface area contributed by atoms with E-state index in [0.29, 0.717) is 17.4 Å². The van der Waals surface area contributed by atoms with E-state index in [1.807, 2.05) is 31.2 Å². The van der Waals surface area contributed by atoms with Gasteiger partial charge in [0.15, 0.2) is 0 Å². The number of carbonyl (C=O) groups is 1. The quantitative estimate of drug-likeness (QED) is 0.696. The highest BCUT2D eigenvalue weighted by Crippen LogP contribution is 2.30. The van der Waals surface area contributed by atoms with Crippen LogP contribution in [0.4, 0.5) is 0 Å². The zero-order valence-electron chi connectivity index (χ0n) is 13.4. The molecule has 0 aliphatic heterocycles. The highest BCUT2D eigenvalue weighted by molar-refractivity contribution is 6.31. The Kier molecular flexibility index (Phi) is 6.71. The minimum Gasteiger partial charge on any atom is -0.460 e. The number of ether oxygens (including phenoxy) is 2. The minimum atomic E-state index is -0.360. The zero-order chi connectivity index (χ0) is 15.9. The molecule has 0 amide bonds. The van der Waals surface area contributed by atoms with E-state index in [2.05, 4.69) is 0 Å². The van der Waals surface area contributed by atoms with Crippen molar-refractivity contribution in [2.75, 3.05) is 7.11 Å². The van der Waals surface area contributed by atoms with Crippen molar-refractivity contribution >= 4 is 17.6 Å². The van der Waals surface area contributed by atoms with Crippen LogP contribution in [0, 0.1) is 5.92 Å². The molecule has 1 aliphatic carbocycles. The number of hydrogen-bond donors (Lipinski definition) is 0. The Morgan fingerprint density at radius 2 is 1.95 bits per heavy atom. The molecule has 0 N–H and O–H groups in total. The topological polar surface area (TPSA) is 35.5 Å². The van der Waals surface area contributed by atoms with Crippen molar-refractivity contribution in [3.8, 4) is 0 Å². The fourth-order valence-corrected chi connectivity index (χ4v) is 3.46. The van der Waals surface area contributed by atoms with Gasteiger partial charge < -0.3 is 9.47 Å². The Bertz CT molecular complexity index is 483. The van der Waals surface area contributed by atoms with Crippen LogP contribution in [0.5, 0.6) is 0 Å². The molecule has 0 spiro atoms. The molecule has 22 heavy (non-hydrogen) atoms. The molecule has 2 rings (SSSR count). The van der Waals surface area contributed by atoms with Gasteiger partial charge in [-0.1, -0.05) is 49.1 Å². The Labute approximate surface area is 137 Å². The summed E-state index contributed by atoms with van der Waals surface area (Å²) in [5, 5.41) is 0.629. The van der Waals surface area contributed by atoms with Crippen LogP contribution < -0.4 is 0 Å². The molecule has 3 nitrogen and oxygen atoms in total. The number of methoxy groups -OCH3 is 1. The van der Waals surface area contributed by atoms with Crippen molar-refractivity contribution in [1.29, 1.82) is 0 Å². The Morgan fingerprint density at radius 3 is 2.59 bits per heavy atom. The average Bonchev–Trinajstić information content (AvgIpc) is 2.50. The smallest absolute Gasteiger partial charge is 0.306 e. The first-order valence-corrected chi connectivity index (χ1v) is 8.46. The van der Waals surface area contributed by atoms with Gasteiger partial charge in [0.25, 0.3) is 0 Å². The maximum absolute atomic E-state index is 12.1. The molecule has 0 radical (unpaired) electrons. The van der Waals surface area contributed by atoms with Crippen molar-refractivity contribution in [2.24, 2.45) is 5.92 Å². The average molecular weight is 325 g/mol. The molecule has 0 heterocycles. The van der Waals surface area contributed by atoms with E-state index in [9.17, 15) is 4.79 Å². The van der Waals surface area contributed by atoms with E-state index in [1.165, 1.54) is 19.3 Å². The lowest BCUT2D eigenvalue weighted by molar-refractivity contribution is -0.156. The highest BCUT2D eigenvalue weighted by atomic mass is 35.5. The first-order valence-electron chi connectivity index (χ1n) is 8.08. The number of rotatable bonds is 6. The second-order valence-corrected chi connectivity index (χ2v) is 6.49. The lowest BCUT2D eigenvalue weighted by Crippen LogP contribution is -2.25. The Hall–Kier alpha value is -1.06. The third kappa shape index (κ3) is 4.72. The summed E-state index contributed by atoms with van der Waals surface area (Å²) in [6.45, 7) is 1.86. The molecule has 1 aromatic rings. The van der Waals surface area contributed by atoms with E-state index in [0.717, 1.165) is 18.4 Å². The van der Waals surface area contributed by atoms with Gasteiger partial charge in [-0.25, -0.2) is 0 Å². The van der Waals surface area contributed by atoms with Crippen molar-refractivity contribution in [2.45, 2.75) is 57.7 Å². The number of benzene rings is 1. The molecule has 0 unspecified atom stereocenters. The lowest BCUT2D eigenvalue weighted by atomic mass is 9.87. The Morgan fingerprint density at radius 1 is 1.27 bits per heavy atom. The molecule has 1 aromatic carbocycles. The van der Waals surface area contributed by atoms with Crippen LogP contribution in [0.3, 0.4) is 0 Å². The minimum absolute atomic E-state index is 0.131. The van der Waals surface area contributed by atoms with Crippen molar-refractivity contribution in [3.05, 3.63) is 34.9 Å². The summed E-state index contributed by atoms with van der Waals surface area (Å²) in [5.74, 6) is 0.350. The van der Waals surface area contributed by atoms with Crippen LogP contribution in [0.15, 0.2) is 24.3 Å². The normalized spacial score (nSPS) is 18.7. The van der Waals surface area contributed by atoms with E-state index >= 15 is 0 Å². The summed E-state index contributed by atoms with van der Waals surface area (Å²) in [6, 6.07) is 7.50. The van der Waals surface area contributed by atoms with Crippen LogP contribution in [-0.2, 0) is 14.3 Å². The van der Waals surface area contributed by atoms with E-state index < -0.39 is 0 Å². The predicted molar refractivity (Wildman–Crippen MR) is 87.9 cm³/mol. The third-order valence-electron chi connectivity index (χ3n) is 4.39. The van der Waals surface area contributed by atoms with Gasteiger partial charge >= 0.3 is 5.97 Å². The predicted octanol–water partition coefficient (Wildman–Crippen LogP) is 4.93. The summed E-state index contributed by atoms with van der Waals surface area (Å²) in [4.78, 5) is 12.1. The molecule has 1 aliphatic rings.